The molecule has 4 rings (SSSR count). The van der Waals surface area contributed by atoms with Gasteiger partial charge in [0.2, 0.25) is 0 Å². The van der Waals surface area contributed by atoms with E-state index in [1.807, 2.05) is 55.6 Å². The molecule has 0 saturated carbocycles. The molecule has 0 atom stereocenters. The molecule has 3 aromatic heterocycles. The van der Waals surface area contributed by atoms with Crippen LogP contribution >= 0.6 is 22.7 Å². The van der Waals surface area contributed by atoms with Crippen LogP contribution in [0.15, 0.2) is 34.4 Å². The molecule has 1 aromatic carbocycles. The minimum absolute atomic E-state index is 0.217. The first-order valence-corrected chi connectivity index (χ1v) is 12.7. The minimum Gasteiger partial charge on any atom is -0.462 e. The zero-order valence-electron chi connectivity index (χ0n) is 20.1. The Morgan fingerprint density at radius 3 is 2.54 bits per heavy atom. The van der Waals surface area contributed by atoms with Crippen LogP contribution in [0, 0.1) is 13.8 Å². The summed E-state index contributed by atoms with van der Waals surface area (Å²) in [7, 11) is 3.77. The van der Waals surface area contributed by atoms with E-state index in [4.69, 9.17) is 4.74 Å². The number of aromatic nitrogens is 2. The number of fused-ring (bicyclic) bond motifs is 1. The molecule has 1 amide bonds. The van der Waals surface area contributed by atoms with Crippen LogP contribution in [0.5, 0.6) is 0 Å². The summed E-state index contributed by atoms with van der Waals surface area (Å²) in [5.74, 6) is -0.368. The van der Waals surface area contributed by atoms with E-state index in [9.17, 15) is 14.4 Å². The van der Waals surface area contributed by atoms with Gasteiger partial charge in [-0.15, -0.1) is 22.7 Å². The van der Waals surface area contributed by atoms with Crippen molar-refractivity contribution in [2.75, 3.05) is 26.0 Å². The maximum Gasteiger partial charge on any atom is 0.341 e. The van der Waals surface area contributed by atoms with Crippen molar-refractivity contribution >= 4 is 49.8 Å². The number of nitrogens with zero attached hydrogens (tertiary/aromatic N) is 2. The van der Waals surface area contributed by atoms with E-state index < -0.39 is 11.9 Å². The van der Waals surface area contributed by atoms with Gasteiger partial charge in [0, 0.05) is 10.9 Å². The van der Waals surface area contributed by atoms with Crippen LogP contribution in [0.3, 0.4) is 0 Å². The number of thiophene rings is 2. The summed E-state index contributed by atoms with van der Waals surface area (Å²) in [6.45, 7) is 6.16. The van der Waals surface area contributed by atoms with E-state index >= 15 is 0 Å². The van der Waals surface area contributed by atoms with E-state index in [2.05, 4.69) is 15.3 Å². The largest absolute Gasteiger partial charge is 0.462 e. The lowest BCUT2D eigenvalue weighted by Gasteiger charge is -2.09. The molecule has 2 N–H and O–H groups in total. The monoisotopic (exact) mass is 510 g/mol. The molecule has 0 radical (unpaired) electrons. The average Bonchev–Trinajstić information content (AvgIpc) is 3.35. The van der Waals surface area contributed by atoms with Crippen molar-refractivity contribution in [1.82, 2.24) is 14.9 Å². The number of aryl methyl sites for hydroxylation is 2. The Kier molecular flexibility index (Phi) is 7.15. The van der Waals surface area contributed by atoms with Crippen molar-refractivity contribution in [3.8, 4) is 11.1 Å². The fourth-order valence-corrected chi connectivity index (χ4v) is 5.79. The van der Waals surface area contributed by atoms with Crippen molar-refractivity contribution in [3.63, 3.8) is 0 Å². The number of carbonyl (C=O) groups excluding carboxylic acids is 2. The van der Waals surface area contributed by atoms with Crippen LogP contribution in [-0.2, 0) is 11.3 Å². The average molecular weight is 511 g/mol. The number of ether oxygens (including phenoxy) is 1. The number of anilines is 1. The topological polar surface area (TPSA) is 104 Å². The van der Waals surface area contributed by atoms with Gasteiger partial charge in [-0.3, -0.25) is 9.59 Å². The number of esters is 1. The lowest BCUT2D eigenvalue weighted by Crippen LogP contribution is -2.18. The van der Waals surface area contributed by atoms with Gasteiger partial charge < -0.3 is 19.9 Å². The fraction of sp³-hybridized carbons (Fsp3) is 0.280. The third kappa shape index (κ3) is 5.04. The molecule has 0 aliphatic heterocycles. The number of aromatic amines is 1. The molecule has 0 aliphatic carbocycles. The number of hydrogen-bond donors (Lipinski definition) is 2. The molecular formula is C25H26N4O4S2. The molecule has 3 heterocycles. The highest BCUT2D eigenvalue weighted by Gasteiger charge is 2.25. The first-order chi connectivity index (χ1) is 16.7. The molecule has 0 aliphatic rings. The Hall–Kier alpha value is -3.34. The van der Waals surface area contributed by atoms with Gasteiger partial charge in [-0.05, 0) is 46.0 Å². The molecule has 4 aromatic rings. The minimum atomic E-state index is -0.501. The number of amides is 1. The van der Waals surface area contributed by atoms with Crippen molar-refractivity contribution in [1.29, 1.82) is 0 Å². The Labute approximate surface area is 210 Å². The second kappa shape index (κ2) is 10.1. The van der Waals surface area contributed by atoms with Crippen LogP contribution in [-0.4, -0.2) is 47.4 Å². The van der Waals surface area contributed by atoms with Crippen molar-refractivity contribution in [2.24, 2.45) is 0 Å². The number of rotatable bonds is 7. The predicted octanol–water partition coefficient (Wildman–Crippen LogP) is 4.82. The summed E-state index contributed by atoms with van der Waals surface area (Å²) in [6.07, 6.45) is 0. The maximum absolute atomic E-state index is 13.3. The fourth-order valence-electron chi connectivity index (χ4n) is 3.74. The van der Waals surface area contributed by atoms with Gasteiger partial charge in [-0.1, -0.05) is 29.8 Å². The van der Waals surface area contributed by atoms with Crippen molar-refractivity contribution in [2.45, 2.75) is 27.3 Å². The van der Waals surface area contributed by atoms with Crippen LogP contribution in [0.2, 0.25) is 0 Å². The van der Waals surface area contributed by atoms with Crippen molar-refractivity contribution in [3.05, 3.63) is 67.4 Å². The smallest absolute Gasteiger partial charge is 0.341 e. The molecule has 8 nitrogen and oxygen atoms in total. The van der Waals surface area contributed by atoms with E-state index in [1.165, 1.54) is 11.3 Å². The van der Waals surface area contributed by atoms with E-state index in [-0.39, 0.29) is 12.2 Å². The summed E-state index contributed by atoms with van der Waals surface area (Å²) in [5, 5.41) is 5.52. The third-order valence-corrected chi connectivity index (χ3v) is 7.46. The molecule has 0 spiro atoms. The van der Waals surface area contributed by atoms with E-state index in [0.29, 0.717) is 49.2 Å². The van der Waals surface area contributed by atoms with Gasteiger partial charge >= 0.3 is 5.97 Å². The maximum atomic E-state index is 13.3. The second-order valence-electron chi connectivity index (χ2n) is 8.38. The molecule has 182 valence electrons. The first-order valence-electron chi connectivity index (χ1n) is 11.0. The van der Waals surface area contributed by atoms with E-state index in [0.717, 1.165) is 22.5 Å². The SMILES string of the molecule is CCOC(=O)c1c(-c2ccc(C)cc2)csc1NC(=O)c1sc2nc(CN(C)C)[nH]c(=O)c2c1C. The zero-order chi connectivity index (χ0) is 25.3. The first kappa shape index (κ1) is 24.8. The lowest BCUT2D eigenvalue weighted by molar-refractivity contribution is 0.0529. The Balaban J connectivity index is 1.72. The quantitative estimate of drug-likeness (QED) is 0.346. The summed E-state index contributed by atoms with van der Waals surface area (Å²) in [4.78, 5) is 49.0. The Bertz CT molecular complexity index is 1470. The summed E-state index contributed by atoms with van der Waals surface area (Å²) in [6, 6.07) is 7.81. The zero-order valence-corrected chi connectivity index (χ0v) is 21.8. The number of H-pyrrole nitrogens is 1. The number of carbonyl (C=O) groups is 2. The third-order valence-electron chi connectivity index (χ3n) is 5.38. The highest BCUT2D eigenvalue weighted by Crippen LogP contribution is 2.37. The van der Waals surface area contributed by atoms with Crippen LogP contribution in [0.1, 0.15) is 43.9 Å². The molecule has 0 bridgehead atoms. The Morgan fingerprint density at radius 1 is 1.17 bits per heavy atom. The van der Waals surface area contributed by atoms with Gasteiger partial charge in [0.15, 0.2) is 0 Å². The number of benzene rings is 1. The van der Waals surface area contributed by atoms with Gasteiger partial charge in [0.05, 0.1) is 23.4 Å². The number of hydrogen-bond acceptors (Lipinski definition) is 8. The Morgan fingerprint density at radius 2 is 1.89 bits per heavy atom. The molecular weight excluding hydrogens is 484 g/mol. The second-order valence-corrected chi connectivity index (χ2v) is 10.3. The van der Waals surface area contributed by atoms with Gasteiger partial charge in [0.25, 0.3) is 11.5 Å². The van der Waals surface area contributed by atoms with Crippen LogP contribution in [0.4, 0.5) is 5.00 Å². The summed E-state index contributed by atoms with van der Waals surface area (Å²) >= 11 is 2.42. The molecule has 35 heavy (non-hydrogen) atoms. The normalized spacial score (nSPS) is 11.3. The van der Waals surface area contributed by atoms with Crippen molar-refractivity contribution < 1.29 is 14.3 Å². The lowest BCUT2D eigenvalue weighted by atomic mass is 10.0. The van der Waals surface area contributed by atoms with Crippen LogP contribution in [0.25, 0.3) is 21.3 Å². The molecule has 0 unspecified atom stereocenters. The molecule has 0 saturated heterocycles. The molecule has 0 fully saturated rings. The van der Waals surface area contributed by atoms with Gasteiger partial charge in [-0.2, -0.15) is 0 Å². The van der Waals surface area contributed by atoms with E-state index in [1.54, 1.807) is 13.8 Å². The van der Waals surface area contributed by atoms with Gasteiger partial charge in [-0.25, -0.2) is 9.78 Å². The predicted molar refractivity (Wildman–Crippen MR) is 141 cm³/mol. The number of nitrogens with one attached hydrogen (secondary N) is 2. The standard InChI is InChI=1S/C25H26N4O4S2/c1-6-33-25(32)19-16(15-9-7-13(2)8-10-15)12-34-23(19)28-22(31)20-14(3)18-21(30)26-17(11-29(4)5)27-24(18)35-20/h7-10,12H,6,11H2,1-5H3,(H,28,31)(H,26,27,30). The highest BCUT2D eigenvalue weighted by atomic mass is 32.1. The highest BCUT2D eigenvalue weighted by molar-refractivity contribution is 7.21. The summed E-state index contributed by atoms with van der Waals surface area (Å²) in [5.41, 5.74) is 3.26. The van der Waals surface area contributed by atoms with Crippen LogP contribution < -0.4 is 10.9 Å². The summed E-state index contributed by atoms with van der Waals surface area (Å²) < 4.78 is 5.29. The van der Waals surface area contributed by atoms with Gasteiger partial charge in [0.1, 0.15) is 21.2 Å². The molecule has 10 heteroatoms.